The zero-order chi connectivity index (χ0) is 10.7. The summed E-state index contributed by atoms with van der Waals surface area (Å²) in [6, 6.07) is 0. The van der Waals surface area contributed by atoms with Gasteiger partial charge < -0.3 is 15.6 Å². The third-order valence-electron chi connectivity index (χ3n) is 1.82. The minimum atomic E-state index is -2.78. The number of halogens is 2. The lowest BCUT2D eigenvalue weighted by Crippen LogP contribution is -2.05. The summed E-state index contributed by atoms with van der Waals surface area (Å²) in [5, 5.41) is 8.91. The van der Waals surface area contributed by atoms with Gasteiger partial charge in [-0.15, -0.1) is 0 Å². The van der Waals surface area contributed by atoms with Crippen LogP contribution in [0.3, 0.4) is 0 Å². The van der Waals surface area contributed by atoms with Gasteiger partial charge in [0, 0.05) is 5.56 Å². The monoisotopic (exact) mass is 204 g/mol. The molecule has 0 bridgehead atoms. The zero-order valence-electron chi connectivity index (χ0n) is 7.50. The molecule has 0 aromatic carbocycles. The summed E-state index contributed by atoms with van der Waals surface area (Å²) in [4.78, 5) is 3.54. The minimum Gasteiger partial charge on any atom is -0.495 e. The molecule has 14 heavy (non-hydrogen) atoms. The molecule has 0 saturated heterocycles. The Kier molecular flexibility index (Phi) is 3.19. The van der Waals surface area contributed by atoms with Gasteiger partial charge in [-0.05, 0) is 0 Å². The summed E-state index contributed by atoms with van der Waals surface area (Å²) in [6.45, 7) is -0.560. The van der Waals surface area contributed by atoms with Gasteiger partial charge in [0.2, 0.25) is 0 Å². The van der Waals surface area contributed by atoms with Crippen molar-refractivity contribution in [3.8, 4) is 5.75 Å². The summed E-state index contributed by atoms with van der Waals surface area (Å²) in [7, 11) is 1.31. The van der Waals surface area contributed by atoms with Gasteiger partial charge in [0.15, 0.2) is 0 Å². The van der Waals surface area contributed by atoms with Crippen molar-refractivity contribution >= 4 is 5.82 Å². The number of alkyl halides is 2. The highest BCUT2D eigenvalue weighted by molar-refractivity contribution is 5.51. The fourth-order valence-electron chi connectivity index (χ4n) is 1.15. The van der Waals surface area contributed by atoms with Gasteiger partial charge in [-0.2, -0.15) is 0 Å². The predicted molar refractivity (Wildman–Crippen MR) is 46.1 cm³/mol. The molecule has 1 rings (SSSR count). The molecule has 0 fully saturated rings. The van der Waals surface area contributed by atoms with Gasteiger partial charge in [0.25, 0.3) is 6.43 Å². The van der Waals surface area contributed by atoms with Gasteiger partial charge in [-0.25, -0.2) is 13.8 Å². The maximum absolute atomic E-state index is 12.5. The standard InChI is InChI=1S/C8H10F2N2O2/c1-14-5-2-12-8(11)6(7(9)10)4(5)3-13/h2,7,13H,3H2,1H3,(H2,11,12). The van der Waals surface area contributed by atoms with Crippen LogP contribution in [0.4, 0.5) is 14.6 Å². The Hall–Kier alpha value is -1.43. The van der Waals surface area contributed by atoms with E-state index in [4.69, 9.17) is 15.6 Å². The van der Waals surface area contributed by atoms with Crippen molar-refractivity contribution in [1.29, 1.82) is 0 Å². The number of methoxy groups -OCH3 is 1. The van der Waals surface area contributed by atoms with E-state index < -0.39 is 18.6 Å². The first kappa shape index (κ1) is 10.6. The topological polar surface area (TPSA) is 68.4 Å². The van der Waals surface area contributed by atoms with Crippen molar-refractivity contribution < 1.29 is 18.6 Å². The summed E-state index contributed by atoms with van der Waals surface area (Å²) in [5.41, 5.74) is 4.78. The Labute approximate surface area is 79.3 Å². The first-order valence-electron chi connectivity index (χ1n) is 3.82. The molecule has 0 amide bonds. The number of aromatic nitrogens is 1. The van der Waals surface area contributed by atoms with Crippen LogP contribution in [0, 0.1) is 0 Å². The average Bonchev–Trinajstić information content (AvgIpc) is 2.16. The third-order valence-corrected chi connectivity index (χ3v) is 1.82. The molecule has 0 saturated carbocycles. The highest BCUT2D eigenvalue weighted by Crippen LogP contribution is 2.32. The number of nitrogens with zero attached hydrogens (tertiary/aromatic N) is 1. The molecule has 0 unspecified atom stereocenters. The van der Waals surface area contributed by atoms with Crippen LogP contribution >= 0.6 is 0 Å². The van der Waals surface area contributed by atoms with Gasteiger partial charge in [0.1, 0.15) is 11.6 Å². The molecule has 1 aromatic rings. The molecule has 0 atom stereocenters. The number of aliphatic hydroxyl groups excluding tert-OH is 1. The van der Waals surface area contributed by atoms with E-state index >= 15 is 0 Å². The number of nitrogen functional groups attached to an aromatic ring is 1. The number of rotatable bonds is 3. The van der Waals surface area contributed by atoms with E-state index in [-0.39, 0.29) is 17.1 Å². The van der Waals surface area contributed by atoms with Crippen LogP contribution in [-0.4, -0.2) is 17.2 Å². The van der Waals surface area contributed by atoms with Gasteiger partial charge in [-0.1, -0.05) is 0 Å². The Morgan fingerprint density at radius 3 is 2.71 bits per heavy atom. The zero-order valence-corrected chi connectivity index (χ0v) is 7.50. The molecule has 1 heterocycles. The molecule has 0 aliphatic heterocycles. The Balaban J connectivity index is 3.35. The number of hydrogen-bond acceptors (Lipinski definition) is 4. The molecule has 0 aliphatic carbocycles. The molecule has 6 heteroatoms. The van der Waals surface area contributed by atoms with Gasteiger partial charge in [-0.3, -0.25) is 0 Å². The SMILES string of the molecule is COc1cnc(N)c(C(F)F)c1CO. The normalized spacial score (nSPS) is 10.6. The lowest BCUT2D eigenvalue weighted by atomic mass is 10.1. The third kappa shape index (κ3) is 1.74. The van der Waals surface area contributed by atoms with E-state index in [2.05, 4.69) is 4.98 Å². The molecule has 3 N–H and O–H groups in total. The number of nitrogens with two attached hydrogens (primary N) is 1. The van der Waals surface area contributed by atoms with Crippen molar-refractivity contribution in [2.75, 3.05) is 12.8 Å². The van der Waals surface area contributed by atoms with Crippen LogP contribution in [0.5, 0.6) is 5.75 Å². The van der Waals surface area contributed by atoms with Crippen molar-refractivity contribution in [3.05, 3.63) is 17.3 Å². The van der Waals surface area contributed by atoms with Crippen LogP contribution in [0.1, 0.15) is 17.6 Å². The molecule has 0 aliphatic rings. The number of hydrogen-bond donors (Lipinski definition) is 2. The smallest absolute Gasteiger partial charge is 0.267 e. The lowest BCUT2D eigenvalue weighted by molar-refractivity contribution is 0.146. The molecular weight excluding hydrogens is 194 g/mol. The fraction of sp³-hybridized carbons (Fsp3) is 0.375. The summed E-state index contributed by atoms with van der Waals surface area (Å²) in [6.07, 6.45) is -1.58. The molecule has 4 nitrogen and oxygen atoms in total. The Morgan fingerprint density at radius 1 is 1.64 bits per heavy atom. The average molecular weight is 204 g/mol. The Bertz CT molecular complexity index is 331. The van der Waals surface area contributed by atoms with E-state index in [1.807, 2.05) is 0 Å². The predicted octanol–water partition coefficient (Wildman–Crippen LogP) is 1.10. The molecule has 0 radical (unpaired) electrons. The second kappa shape index (κ2) is 4.19. The van der Waals surface area contributed by atoms with Crippen LogP contribution in [0.15, 0.2) is 6.20 Å². The van der Waals surface area contributed by atoms with Crippen molar-refractivity contribution in [3.63, 3.8) is 0 Å². The molecule has 78 valence electrons. The Morgan fingerprint density at radius 2 is 2.29 bits per heavy atom. The highest BCUT2D eigenvalue weighted by atomic mass is 19.3. The number of pyridine rings is 1. The minimum absolute atomic E-state index is 0.0185. The second-order valence-electron chi connectivity index (χ2n) is 2.56. The van der Waals surface area contributed by atoms with Crippen molar-refractivity contribution in [2.45, 2.75) is 13.0 Å². The van der Waals surface area contributed by atoms with Crippen molar-refractivity contribution in [1.82, 2.24) is 4.98 Å². The maximum atomic E-state index is 12.5. The maximum Gasteiger partial charge on any atom is 0.267 e. The molecule has 1 aromatic heterocycles. The van der Waals surface area contributed by atoms with E-state index in [9.17, 15) is 8.78 Å². The first-order chi connectivity index (χ1) is 6.61. The number of anilines is 1. The van der Waals surface area contributed by atoms with Gasteiger partial charge >= 0.3 is 0 Å². The number of aliphatic hydroxyl groups is 1. The summed E-state index contributed by atoms with van der Waals surface area (Å²) < 4.78 is 29.8. The van der Waals surface area contributed by atoms with Gasteiger partial charge in [0.05, 0.1) is 25.5 Å². The largest absolute Gasteiger partial charge is 0.495 e. The fourth-order valence-corrected chi connectivity index (χ4v) is 1.15. The van der Waals surface area contributed by atoms with Crippen LogP contribution < -0.4 is 10.5 Å². The van der Waals surface area contributed by atoms with E-state index in [1.165, 1.54) is 13.3 Å². The molecule has 0 spiro atoms. The van der Waals surface area contributed by atoms with E-state index in [0.717, 1.165) is 0 Å². The molecular formula is C8H10F2N2O2. The first-order valence-corrected chi connectivity index (χ1v) is 3.82. The highest BCUT2D eigenvalue weighted by Gasteiger charge is 2.20. The quantitative estimate of drug-likeness (QED) is 0.773. The second-order valence-corrected chi connectivity index (χ2v) is 2.56. The summed E-state index contributed by atoms with van der Waals surface area (Å²) in [5.74, 6) is -0.179. The van der Waals surface area contributed by atoms with Crippen LogP contribution in [0.25, 0.3) is 0 Å². The van der Waals surface area contributed by atoms with E-state index in [1.54, 1.807) is 0 Å². The lowest BCUT2D eigenvalue weighted by Gasteiger charge is -2.12. The summed E-state index contributed by atoms with van der Waals surface area (Å²) >= 11 is 0. The van der Waals surface area contributed by atoms with Crippen molar-refractivity contribution in [2.24, 2.45) is 0 Å². The number of ether oxygens (including phenoxy) is 1. The van der Waals surface area contributed by atoms with Crippen LogP contribution in [-0.2, 0) is 6.61 Å². The van der Waals surface area contributed by atoms with E-state index in [0.29, 0.717) is 0 Å². The van der Waals surface area contributed by atoms with Crippen LogP contribution in [0.2, 0.25) is 0 Å².